The highest BCUT2D eigenvalue weighted by Crippen LogP contribution is 2.17. The number of halogens is 1. The first-order valence-corrected chi connectivity index (χ1v) is 11.6. The van der Waals surface area contributed by atoms with Gasteiger partial charge >= 0.3 is 0 Å². The summed E-state index contributed by atoms with van der Waals surface area (Å²) in [6.07, 6.45) is 0.693. The third kappa shape index (κ3) is 5.63. The molecule has 0 saturated carbocycles. The van der Waals surface area contributed by atoms with Crippen LogP contribution >= 0.6 is 11.8 Å². The monoisotopic (exact) mass is 453 g/mol. The van der Waals surface area contributed by atoms with Crippen LogP contribution in [-0.4, -0.2) is 28.2 Å². The van der Waals surface area contributed by atoms with Crippen molar-refractivity contribution in [3.8, 4) is 0 Å². The minimum absolute atomic E-state index is 0.143. The maximum Gasteiger partial charge on any atom is 0.260 e. The van der Waals surface area contributed by atoms with Gasteiger partial charge in [-0.1, -0.05) is 30.0 Å². The van der Waals surface area contributed by atoms with Crippen molar-refractivity contribution in [3.05, 3.63) is 86.6 Å². The van der Waals surface area contributed by atoms with E-state index in [1.807, 2.05) is 26.0 Å². The molecule has 0 saturated heterocycles. The lowest BCUT2D eigenvalue weighted by Gasteiger charge is -2.25. The Morgan fingerprint density at radius 3 is 2.62 bits per heavy atom. The van der Waals surface area contributed by atoms with Crippen LogP contribution in [0.5, 0.6) is 0 Å². The zero-order valence-electron chi connectivity index (χ0n) is 18.1. The van der Waals surface area contributed by atoms with Crippen LogP contribution < -0.4 is 15.8 Å². The number of amides is 1. The molecule has 2 heterocycles. The fraction of sp³-hybridized carbons (Fsp3) is 0.292. The number of carbonyl (C=O) groups excluding carboxylic acids is 1. The minimum Gasteiger partial charge on any atom is -0.327 e. The average Bonchev–Trinajstić information content (AvgIpc) is 2.73. The summed E-state index contributed by atoms with van der Waals surface area (Å²) in [7, 11) is 0. The molecule has 0 fully saturated rings. The third-order valence-electron chi connectivity index (χ3n) is 5.43. The van der Waals surface area contributed by atoms with Gasteiger partial charge in [-0.15, -0.1) is 0 Å². The molecule has 8 heteroatoms. The summed E-state index contributed by atoms with van der Waals surface area (Å²) < 4.78 is 13.1. The Labute approximate surface area is 190 Å². The summed E-state index contributed by atoms with van der Waals surface area (Å²) in [5.74, 6) is -0.229. The fourth-order valence-corrected chi connectivity index (χ4v) is 4.71. The van der Waals surface area contributed by atoms with Crippen LogP contribution in [-0.2, 0) is 24.3 Å². The fourth-order valence-electron chi connectivity index (χ4n) is 4.03. The van der Waals surface area contributed by atoms with Gasteiger partial charge in [-0.3, -0.25) is 9.59 Å². The molecule has 3 aromatic rings. The quantitative estimate of drug-likeness (QED) is 0.396. The Balaban J connectivity index is 1.37. The molecule has 2 aromatic carbocycles. The van der Waals surface area contributed by atoms with Gasteiger partial charge in [-0.05, 0) is 49.2 Å². The van der Waals surface area contributed by atoms with Crippen LogP contribution in [0.25, 0.3) is 0 Å². The molecule has 0 radical (unpaired) electrons. The predicted octanol–water partition coefficient (Wildman–Crippen LogP) is 2.40. The maximum atomic E-state index is 13.1. The van der Waals surface area contributed by atoms with E-state index >= 15 is 0 Å². The van der Waals surface area contributed by atoms with Crippen molar-refractivity contribution >= 4 is 23.4 Å². The number of benzene rings is 2. The van der Waals surface area contributed by atoms with Crippen LogP contribution in [0.2, 0.25) is 0 Å². The summed E-state index contributed by atoms with van der Waals surface area (Å²) >= 11 is 1.23. The number of thioether (sulfide) groups is 1. The normalized spacial score (nSPS) is 15.3. The number of hydrogen-bond acceptors (Lipinski definition) is 4. The molecule has 1 aliphatic rings. The average molecular weight is 454 g/mol. The second-order valence-corrected chi connectivity index (χ2v) is 9.20. The minimum atomic E-state index is -0.249. The van der Waals surface area contributed by atoms with Gasteiger partial charge in [0.25, 0.3) is 5.56 Å². The number of carbonyl (C=O) groups is 1. The Bertz CT molecular complexity index is 1170. The maximum absolute atomic E-state index is 13.1. The van der Waals surface area contributed by atoms with Gasteiger partial charge in [-0.25, -0.2) is 9.37 Å². The van der Waals surface area contributed by atoms with E-state index in [1.165, 1.54) is 28.8 Å². The van der Waals surface area contributed by atoms with Crippen molar-refractivity contribution in [2.75, 3.05) is 17.6 Å². The highest BCUT2D eigenvalue weighted by Gasteiger charge is 2.24. The highest BCUT2D eigenvalue weighted by atomic mass is 32.2. The summed E-state index contributed by atoms with van der Waals surface area (Å²) in [4.78, 5) is 33.7. The molecule has 0 spiro atoms. The van der Waals surface area contributed by atoms with E-state index in [1.54, 1.807) is 12.1 Å². The van der Waals surface area contributed by atoms with E-state index in [0.717, 1.165) is 41.2 Å². The molecule has 0 aliphatic carbocycles. The molecule has 1 unspecified atom stereocenters. The van der Waals surface area contributed by atoms with Gasteiger partial charge in [0.1, 0.15) is 18.9 Å². The van der Waals surface area contributed by atoms with Gasteiger partial charge in [0, 0.05) is 17.7 Å². The number of anilines is 1. The Morgan fingerprint density at radius 2 is 1.91 bits per heavy atom. The van der Waals surface area contributed by atoms with Crippen LogP contribution in [0.3, 0.4) is 0 Å². The Kier molecular flexibility index (Phi) is 6.72. The SMILES string of the molecule is Cc1cc(C)cc(NC(=O)CSc2nc3c(c(=O)[nH]2)C[NH+](Cc2ccc(F)cc2)CC3)c1. The van der Waals surface area contributed by atoms with E-state index < -0.39 is 0 Å². The molecule has 32 heavy (non-hydrogen) atoms. The molecule has 1 atom stereocenters. The molecule has 3 N–H and O–H groups in total. The lowest BCUT2D eigenvalue weighted by atomic mass is 10.1. The Morgan fingerprint density at radius 1 is 1.19 bits per heavy atom. The smallest absolute Gasteiger partial charge is 0.260 e. The molecule has 0 bridgehead atoms. The molecular weight excluding hydrogens is 427 g/mol. The van der Waals surface area contributed by atoms with E-state index in [-0.39, 0.29) is 23.0 Å². The molecule has 1 aliphatic heterocycles. The van der Waals surface area contributed by atoms with Gasteiger partial charge in [0.15, 0.2) is 5.16 Å². The van der Waals surface area contributed by atoms with E-state index in [9.17, 15) is 14.0 Å². The number of fused-ring (bicyclic) bond motifs is 1. The van der Waals surface area contributed by atoms with Crippen molar-refractivity contribution in [2.45, 2.75) is 38.5 Å². The second kappa shape index (κ2) is 9.67. The van der Waals surface area contributed by atoms with Crippen LogP contribution in [0, 0.1) is 19.7 Å². The van der Waals surface area contributed by atoms with Crippen LogP contribution in [0.4, 0.5) is 10.1 Å². The summed E-state index contributed by atoms with van der Waals surface area (Å²) in [5, 5.41) is 3.36. The standard InChI is InChI=1S/C24H25FN4O2S/c1-15-9-16(2)11-19(10-15)26-22(30)14-32-24-27-21-7-8-29(13-20(21)23(31)28-24)12-17-3-5-18(25)6-4-17/h3-6,9-11H,7-8,12-14H2,1-2H3,(H,26,30)(H,27,28,31)/p+1. The number of aromatic amines is 1. The number of nitrogens with one attached hydrogen (secondary N) is 3. The first-order valence-electron chi connectivity index (χ1n) is 10.6. The number of rotatable bonds is 6. The number of hydrogen-bond donors (Lipinski definition) is 3. The van der Waals surface area contributed by atoms with Crippen LogP contribution in [0.15, 0.2) is 52.4 Å². The molecule has 166 valence electrons. The molecule has 6 nitrogen and oxygen atoms in total. The van der Waals surface area contributed by atoms with Crippen LogP contribution in [0.1, 0.15) is 27.9 Å². The van der Waals surface area contributed by atoms with Gasteiger partial charge in [0.05, 0.1) is 23.6 Å². The summed E-state index contributed by atoms with van der Waals surface area (Å²) in [6.45, 7) is 6.13. The molecule has 1 aromatic heterocycles. The largest absolute Gasteiger partial charge is 0.327 e. The molecule has 4 rings (SSSR count). The third-order valence-corrected chi connectivity index (χ3v) is 6.31. The molecular formula is C24H26FN4O2S+. The predicted molar refractivity (Wildman–Crippen MR) is 123 cm³/mol. The van der Waals surface area contributed by atoms with Crippen molar-refractivity contribution in [3.63, 3.8) is 0 Å². The van der Waals surface area contributed by atoms with Gasteiger partial charge < -0.3 is 15.2 Å². The Hall–Kier alpha value is -2.97. The number of aryl methyl sites for hydroxylation is 2. The first-order chi connectivity index (χ1) is 15.4. The van der Waals surface area contributed by atoms with Gasteiger partial charge in [-0.2, -0.15) is 0 Å². The zero-order chi connectivity index (χ0) is 22.7. The lowest BCUT2D eigenvalue weighted by Crippen LogP contribution is -3.10. The van der Waals surface area contributed by atoms with E-state index in [2.05, 4.69) is 21.4 Å². The number of aromatic nitrogens is 2. The van der Waals surface area contributed by atoms with Crippen molar-refractivity contribution in [1.82, 2.24) is 9.97 Å². The van der Waals surface area contributed by atoms with Crippen molar-refractivity contribution < 1.29 is 14.1 Å². The lowest BCUT2D eigenvalue weighted by molar-refractivity contribution is -0.929. The summed E-state index contributed by atoms with van der Waals surface area (Å²) in [5.41, 5.74) is 5.32. The van der Waals surface area contributed by atoms with Crippen molar-refractivity contribution in [2.24, 2.45) is 0 Å². The zero-order valence-corrected chi connectivity index (χ0v) is 18.9. The number of quaternary nitrogens is 1. The first kappa shape index (κ1) is 22.2. The highest BCUT2D eigenvalue weighted by molar-refractivity contribution is 7.99. The molecule has 1 amide bonds. The van der Waals surface area contributed by atoms with E-state index in [4.69, 9.17) is 0 Å². The van der Waals surface area contributed by atoms with Crippen molar-refractivity contribution in [1.29, 1.82) is 0 Å². The second-order valence-electron chi connectivity index (χ2n) is 8.24. The van der Waals surface area contributed by atoms with E-state index in [0.29, 0.717) is 23.7 Å². The summed E-state index contributed by atoms with van der Waals surface area (Å²) in [6, 6.07) is 12.4. The topological polar surface area (TPSA) is 79.3 Å². The number of nitrogens with zero attached hydrogens (tertiary/aromatic N) is 1. The van der Waals surface area contributed by atoms with Gasteiger partial charge in [0.2, 0.25) is 5.91 Å². The number of H-pyrrole nitrogens is 1.